The van der Waals surface area contributed by atoms with E-state index in [1.807, 2.05) is 18.3 Å². The van der Waals surface area contributed by atoms with Gasteiger partial charge in [0.1, 0.15) is 0 Å². The molecule has 0 unspecified atom stereocenters. The number of piperidine rings is 1. The Morgan fingerprint density at radius 1 is 0.675 bits per heavy atom. The third-order valence-corrected chi connectivity index (χ3v) is 9.01. The van der Waals surface area contributed by atoms with Gasteiger partial charge in [-0.25, -0.2) is 9.97 Å². The summed E-state index contributed by atoms with van der Waals surface area (Å²) in [6.07, 6.45) is 4.13. The first-order valence-electron chi connectivity index (χ1n) is 14.2. The lowest BCUT2D eigenvalue weighted by molar-refractivity contribution is 0.360. The van der Waals surface area contributed by atoms with Crippen molar-refractivity contribution in [2.75, 3.05) is 29.9 Å². The van der Waals surface area contributed by atoms with Crippen LogP contribution in [-0.2, 0) is 5.41 Å². The lowest BCUT2D eigenvalue weighted by Crippen LogP contribution is -2.44. The topological polar surface area (TPSA) is 41.1 Å². The van der Waals surface area contributed by atoms with Gasteiger partial charge in [-0.3, -0.25) is 0 Å². The normalized spacial score (nSPS) is 15.8. The SMILES string of the molecule is c1ccc2nc(N3CCC4(CC3)CNc3ccc(-c5ccc(-c6cccc7ccccc67)cc5)cc34)ncc2c1. The highest BCUT2D eigenvalue weighted by atomic mass is 15.3. The predicted molar refractivity (Wildman–Crippen MR) is 166 cm³/mol. The highest BCUT2D eigenvalue weighted by molar-refractivity contribution is 5.96. The molecule has 4 nitrogen and oxygen atoms in total. The zero-order valence-corrected chi connectivity index (χ0v) is 22.3. The highest BCUT2D eigenvalue weighted by Gasteiger charge is 2.42. The van der Waals surface area contributed by atoms with Gasteiger partial charge in [0.25, 0.3) is 0 Å². The number of nitrogens with zero attached hydrogens (tertiary/aromatic N) is 3. The molecule has 1 saturated heterocycles. The lowest BCUT2D eigenvalue weighted by atomic mass is 9.74. The Hall–Kier alpha value is -4.70. The number of hydrogen-bond donors (Lipinski definition) is 1. The second kappa shape index (κ2) is 9.20. The molecule has 0 atom stereocenters. The summed E-state index contributed by atoms with van der Waals surface area (Å²) < 4.78 is 0. The summed E-state index contributed by atoms with van der Waals surface area (Å²) in [6, 6.07) is 39.4. The van der Waals surface area contributed by atoms with E-state index in [9.17, 15) is 0 Å². The predicted octanol–water partition coefficient (Wildman–Crippen LogP) is 8.08. The molecular formula is C36H30N4. The number of nitrogens with one attached hydrogen (secondary N) is 1. The number of anilines is 2. The van der Waals surface area contributed by atoms with Crippen LogP contribution in [0.5, 0.6) is 0 Å². The van der Waals surface area contributed by atoms with Crippen molar-refractivity contribution < 1.29 is 0 Å². The van der Waals surface area contributed by atoms with E-state index in [-0.39, 0.29) is 5.41 Å². The Labute approximate surface area is 234 Å². The number of benzene rings is 5. The summed E-state index contributed by atoms with van der Waals surface area (Å²) >= 11 is 0. The molecule has 0 bridgehead atoms. The maximum Gasteiger partial charge on any atom is 0.225 e. The van der Waals surface area contributed by atoms with E-state index in [1.165, 1.54) is 44.3 Å². The molecule has 3 heterocycles. The van der Waals surface area contributed by atoms with Gasteiger partial charge in [-0.1, -0.05) is 91.0 Å². The van der Waals surface area contributed by atoms with Gasteiger partial charge < -0.3 is 10.2 Å². The summed E-state index contributed by atoms with van der Waals surface area (Å²) in [5.74, 6) is 0.847. The van der Waals surface area contributed by atoms with Crippen molar-refractivity contribution in [2.24, 2.45) is 0 Å². The van der Waals surface area contributed by atoms with E-state index in [4.69, 9.17) is 4.98 Å². The molecule has 1 N–H and O–H groups in total. The Balaban J connectivity index is 1.05. The second-order valence-corrected chi connectivity index (χ2v) is 11.2. The molecule has 6 aromatic rings. The minimum atomic E-state index is 0.154. The number of para-hydroxylation sites is 1. The second-order valence-electron chi connectivity index (χ2n) is 11.2. The van der Waals surface area contributed by atoms with Crippen LogP contribution < -0.4 is 10.2 Å². The number of hydrogen-bond acceptors (Lipinski definition) is 4. The van der Waals surface area contributed by atoms with Crippen LogP contribution >= 0.6 is 0 Å². The average molecular weight is 519 g/mol. The fraction of sp³-hybridized carbons (Fsp3) is 0.167. The first-order valence-corrected chi connectivity index (χ1v) is 14.2. The van der Waals surface area contributed by atoms with E-state index in [0.29, 0.717) is 0 Å². The minimum absolute atomic E-state index is 0.154. The van der Waals surface area contributed by atoms with Crippen molar-refractivity contribution in [1.29, 1.82) is 0 Å². The molecule has 0 radical (unpaired) electrons. The average Bonchev–Trinajstić information content (AvgIpc) is 3.38. The molecule has 40 heavy (non-hydrogen) atoms. The summed E-state index contributed by atoms with van der Waals surface area (Å²) in [4.78, 5) is 11.9. The summed E-state index contributed by atoms with van der Waals surface area (Å²) in [7, 11) is 0. The molecule has 0 saturated carbocycles. The maximum absolute atomic E-state index is 4.86. The Morgan fingerprint density at radius 2 is 1.40 bits per heavy atom. The van der Waals surface area contributed by atoms with E-state index < -0.39 is 0 Å². The van der Waals surface area contributed by atoms with Crippen LogP contribution in [-0.4, -0.2) is 29.6 Å². The van der Waals surface area contributed by atoms with Crippen LogP contribution in [0.2, 0.25) is 0 Å². The van der Waals surface area contributed by atoms with Gasteiger partial charge >= 0.3 is 0 Å². The van der Waals surface area contributed by atoms with E-state index in [2.05, 4.69) is 112 Å². The number of rotatable bonds is 3. The van der Waals surface area contributed by atoms with Gasteiger partial charge in [-0.05, 0) is 69.6 Å². The quantitative estimate of drug-likeness (QED) is 0.257. The zero-order chi connectivity index (χ0) is 26.5. The molecule has 5 aromatic carbocycles. The monoisotopic (exact) mass is 518 g/mol. The zero-order valence-electron chi connectivity index (χ0n) is 22.3. The molecule has 1 fully saturated rings. The number of fused-ring (bicyclic) bond motifs is 4. The molecule has 2 aliphatic heterocycles. The van der Waals surface area contributed by atoms with Gasteiger partial charge in [-0.2, -0.15) is 0 Å². The fourth-order valence-corrected chi connectivity index (χ4v) is 6.69. The van der Waals surface area contributed by atoms with Crippen LogP contribution in [0.15, 0.2) is 115 Å². The first kappa shape index (κ1) is 23.2. The fourth-order valence-electron chi connectivity index (χ4n) is 6.69. The molecular weight excluding hydrogens is 488 g/mol. The molecule has 2 aliphatic rings. The van der Waals surface area contributed by atoms with Gasteiger partial charge in [0, 0.05) is 42.3 Å². The summed E-state index contributed by atoms with van der Waals surface area (Å²) in [6.45, 7) is 2.92. The smallest absolute Gasteiger partial charge is 0.225 e. The van der Waals surface area contributed by atoms with E-state index >= 15 is 0 Å². The van der Waals surface area contributed by atoms with Gasteiger partial charge in [-0.15, -0.1) is 0 Å². The molecule has 0 aliphatic carbocycles. The summed E-state index contributed by atoms with van der Waals surface area (Å²) in [5.41, 5.74) is 8.99. The Bertz CT molecular complexity index is 1860. The van der Waals surface area contributed by atoms with Crippen molar-refractivity contribution >= 4 is 33.3 Å². The Kier molecular flexibility index (Phi) is 5.34. The van der Waals surface area contributed by atoms with Crippen molar-refractivity contribution in [3.8, 4) is 22.3 Å². The van der Waals surface area contributed by atoms with Crippen molar-refractivity contribution in [3.05, 3.63) is 121 Å². The lowest BCUT2D eigenvalue weighted by Gasteiger charge is -2.39. The molecule has 4 heteroatoms. The highest BCUT2D eigenvalue weighted by Crippen LogP contribution is 2.46. The van der Waals surface area contributed by atoms with Crippen LogP contribution in [0.4, 0.5) is 11.6 Å². The molecule has 0 amide bonds. The van der Waals surface area contributed by atoms with Crippen molar-refractivity contribution in [1.82, 2.24) is 9.97 Å². The standard InChI is InChI=1S/C36H30N4/c1-3-9-30-26(6-1)8-5-10-31(30)27-14-12-25(13-15-27)28-16-17-34-32(22-28)36(24-38-34)18-20-40(21-19-36)35-37-23-29-7-2-4-11-33(29)39-35/h1-17,22-23,38H,18-21,24H2. The minimum Gasteiger partial charge on any atom is -0.384 e. The Morgan fingerprint density at radius 3 is 2.27 bits per heavy atom. The summed E-state index contributed by atoms with van der Waals surface area (Å²) in [5, 5.41) is 7.38. The van der Waals surface area contributed by atoms with E-state index in [0.717, 1.165) is 49.3 Å². The molecule has 1 spiro atoms. The van der Waals surface area contributed by atoms with Crippen LogP contribution in [0.25, 0.3) is 43.9 Å². The number of aromatic nitrogens is 2. The van der Waals surface area contributed by atoms with Gasteiger partial charge in [0.2, 0.25) is 5.95 Å². The molecule has 1 aromatic heterocycles. The molecule has 8 rings (SSSR count). The largest absolute Gasteiger partial charge is 0.384 e. The van der Waals surface area contributed by atoms with Crippen molar-refractivity contribution in [2.45, 2.75) is 18.3 Å². The van der Waals surface area contributed by atoms with Crippen LogP contribution in [0.1, 0.15) is 18.4 Å². The third kappa shape index (κ3) is 3.83. The van der Waals surface area contributed by atoms with E-state index in [1.54, 1.807) is 0 Å². The third-order valence-electron chi connectivity index (χ3n) is 9.01. The maximum atomic E-state index is 4.86. The molecule has 194 valence electrons. The van der Waals surface area contributed by atoms with Crippen LogP contribution in [0, 0.1) is 0 Å². The van der Waals surface area contributed by atoms with Gasteiger partial charge in [0.05, 0.1) is 5.52 Å². The van der Waals surface area contributed by atoms with Crippen LogP contribution in [0.3, 0.4) is 0 Å². The van der Waals surface area contributed by atoms with Crippen molar-refractivity contribution in [3.63, 3.8) is 0 Å². The first-order chi connectivity index (χ1) is 19.8. The van der Waals surface area contributed by atoms with Gasteiger partial charge in [0.15, 0.2) is 0 Å².